The molecule has 0 aromatic rings. The molecule has 0 unspecified atom stereocenters. The zero-order valence-electron chi connectivity index (χ0n) is 7.46. The van der Waals surface area contributed by atoms with Crippen molar-refractivity contribution in [2.45, 2.75) is 13.1 Å². The zero-order chi connectivity index (χ0) is 11.4. The summed E-state index contributed by atoms with van der Waals surface area (Å²) in [6, 6.07) is 0. The number of ether oxygens (including phenoxy) is 1. The summed E-state index contributed by atoms with van der Waals surface area (Å²) in [6.07, 6.45) is -5.20. The summed E-state index contributed by atoms with van der Waals surface area (Å²) < 4.78 is 39.4. The van der Waals surface area contributed by atoms with Gasteiger partial charge in [-0.05, 0) is 12.1 Å². The van der Waals surface area contributed by atoms with E-state index in [2.05, 4.69) is 4.74 Å². The van der Waals surface area contributed by atoms with Crippen molar-refractivity contribution in [2.75, 3.05) is 6.61 Å². The van der Waals surface area contributed by atoms with Gasteiger partial charge < -0.3 is 15.3 Å². The summed E-state index contributed by atoms with van der Waals surface area (Å²) in [5.41, 5.74) is -1.68. The number of alkyl halides is 3. The largest absolute Gasteiger partial charge is 0.502 e. The number of hydrogen-bond donors (Lipinski definition) is 1. The fourth-order valence-electron chi connectivity index (χ4n) is 0.511. The third-order valence-corrected chi connectivity index (χ3v) is 1.05. The maximum atomic E-state index is 11.8. The van der Waals surface area contributed by atoms with Crippen LogP contribution in [0.5, 0.6) is 0 Å². The van der Waals surface area contributed by atoms with Gasteiger partial charge in [-0.3, -0.25) is 0 Å². The molecule has 0 aliphatic rings. The molecule has 6 nitrogen and oxygen atoms in total. The molecule has 0 bridgehead atoms. The van der Waals surface area contributed by atoms with Crippen LogP contribution in [-0.2, 0) is 9.53 Å². The Morgan fingerprint density at radius 1 is 1.47 bits per heavy atom. The highest BCUT2D eigenvalue weighted by atomic mass is 19.4. The lowest BCUT2D eigenvalue weighted by Gasteiger charge is -2.06. The number of carbonyl (C=O) groups excluding carboxylic acids is 1. The number of esters is 1. The first-order valence-corrected chi connectivity index (χ1v) is 3.35. The van der Waals surface area contributed by atoms with E-state index in [4.69, 9.17) is 5.11 Å². The molecule has 9 heteroatoms. The minimum Gasteiger partial charge on any atom is -0.502 e. The zero-order valence-corrected chi connectivity index (χ0v) is 7.46. The minimum atomic E-state index is -5.20. The van der Waals surface area contributed by atoms with Gasteiger partial charge in [-0.1, -0.05) is 0 Å². The van der Waals surface area contributed by atoms with Gasteiger partial charge in [0.05, 0.1) is 6.61 Å². The van der Waals surface area contributed by atoms with Crippen LogP contribution in [0, 0.1) is 4.91 Å². The molecule has 0 spiro atoms. The van der Waals surface area contributed by atoms with Gasteiger partial charge in [0, 0.05) is 0 Å². The Labute approximate surface area is 81.6 Å². The molecular weight excluding hydrogens is 223 g/mol. The summed E-state index contributed by atoms with van der Waals surface area (Å²) in [6.45, 7) is 1.09. The standard InChI is InChI=1S/C6H6F3NO4.H2O/c1-2-14-5(12)3(10-13)4(11)6(7,8)9;/h11H,2H2,1H3;1H2/b4-3-;. The fraction of sp³-hybridized carbons (Fsp3) is 0.500. The topological polar surface area (TPSA) is 107 Å². The van der Waals surface area contributed by atoms with E-state index >= 15 is 0 Å². The van der Waals surface area contributed by atoms with E-state index in [-0.39, 0.29) is 12.1 Å². The molecule has 0 aliphatic heterocycles. The SMILES string of the molecule is CCOC(=O)/C(N=O)=C(/O)C(F)(F)F.O. The number of hydrogen-bond acceptors (Lipinski definition) is 5. The van der Waals surface area contributed by atoms with E-state index in [0.717, 1.165) is 0 Å². The van der Waals surface area contributed by atoms with Crippen molar-refractivity contribution in [3.8, 4) is 0 Å². The van der Waals surface area contributed by atoms with Crippen LogP contribution in [0.15, 0.2) is 16.6 Å². The lowest BCUT2D eigenvalue weighted by Crippen LogP contribution is -2.18. The number of rotatable bonds is 3. The molecule has 0 rings (SSSR count). The number of nitrogens with zero attached hydrogens (tertiary/aromatic N) is 1. The molecule has 0 radical (unpaired) electrons. The van der Waals surface area contributed by atoms with E-state index in [9.17, 15) is 22.9 Å². The van der Waals surface area contributed by atoms with Crippen LogP contribution in [0.3, 0.4) is 0 Å². The minimum absolute atomic E-state index is 0. The van der Waals surface area contributed by atoms with Gasteiger partial charge in [-0.15, -0.1) is 4.91 Å². The highest BCUT2D eigenvalue weighted by Gasteiger charge is 2.40. The van der Waals surface area contributed by atoms with Gasteiger partial charge in [0.1, 0.15) is 0 Å². The fourth-order valence-corrected chi connectivity index (χ4v) is 0.511. The second-order valence-electron chi connectivity index (χ2n) is 2.01. The van der Waals surface area contributed by atoms with E-state index in [1.54, 1.807) is 5.18 Å². The maximum absolute atomic E-state index is 11.8. The average Bonchev–Trinajstić information content (AvgIpc) is 2.04. The molecule has 0 heterocycles. The molecule has 15 heavy (non-hydrogen) atoms. The van der Waals surface area contributed by atoms with Gasteiger partial charge >= 0.3 is 12.1 Å². The number of aliphatic hydroxyl groups excluding tert-OH is 1. The van der Waals surface area contributed by atoms with Crippen LogP contribution >= 0.6 is 0 Å². The molecule has 0 saturated carbocycles. The van der Waals surface area contributed by atoms with Crippen LogP contribution in [0.2, 0.25) is 0 Å². The van der Waals surface area contributed by atoms with Gasteiger partial charge in [0.15, 0.2) is 0 Å². The number of nitroso groups, excluding NO2 is 1. The van der Waals surface area contributed by atoms with Crippen molar-refractivity contribution in [3.63, 3.8) is 0 Å². The van der Waals surface area contributed by atoms with Crippen molar-refractivity contribution in [2.24, 2.45) is 5.18 Å². The molecule has 0 atom stereocenters. The predicted molar refractivity (Wildman–Crippen MR) is 41.8 cm³/mol. The molecular formula is C6H8F3NO5. The first kappa shape index (κ1) is 15.8. The summed E-state index contributed by atoms with van der Waals surface area (Å²) >= 11 is 0. The monoisotopic (exact) mass is 231 g/mol. The lowest BCUT2D eigenvalue weighted by molar-refractivity contribution is -0.143. The molecule has 0 aliphatic carbocycles. The van der Waals surface area contributed by atoms with E-state index < -0.39 is 23.6 Å². The van der Waals surface area contributed by atoms with E-state index in [1.807, 2.05) is 0 Å². The lowest BCUT2D eigenvalue weighted by atomic mass is 10.3. The summed E-state index contributed by atoms with van der Waals surface area (Å²) in [5, 5.41) is 10.2. The Hall–Kier alpha value is -1.64. The molecule has 0 amide bonds. The van der Waals surface area contributed by atoms with Gasteiger partial charge in [-0.2, -0.15) is 13.2 Å². The third-order valence-electron chi connectivity index (χ3n) is 1.05. The molecule has 0 fully saturated rings. The van der Waals surface area contributed by atoms with Crippen LogP contribution in [0.25, 0.3) is 0 Å². The Kier molecular flexibility index (Phi) is 6.28. The summed E-state index contributed by atoms with van der Waals surface area (Å²) in [5.74, 6) is -3.97. The first-order valence-electron chi connectivity index (χ1n) is 3.35. The van der Waals surface area contributed by atoms with Crippen molar-refractivity contribution in [1.82, 2.24) is 0 Å². The van der Waals surface area contributed by atoms with Crippen molar-refractivity contribution in [1.29, 1.82) is 0 Å². The molecule has 88 valence electrons. The molecule has 3 N–H and O–H groups in total. The average molecular weight is 231 g/mol. The van der Waals surface area contributed by atoms with Gasteiger partial charge in [0.25, 0.3) is 0 Å². The molecule has 0 saturated heterocycles. The number of aliphatic hydroxyl groups is 1. The Morgan fingerprint density at radius 2 is 1.93 bits per heavy atom. The Balaban J connectivity index is 0. The summed E-state index contributed by atoms with van der Waals surface area (Å²) in [7, 11) is 0. The highest BCUT2D eigenvalue weighted by molar-refractivity contribution is 5.88. The Bertz CT molecular complexity index is 272. The summed E-state index contributed by atoms with van der Waals surface area (Å²) in [4.78, 5) is 20.5. The number of carbonyl (C=O) groups is 1. The second kappa shape index (κ2) is 5.96. The Morgan fingerprint density at radius 3 is 2.20 bits per heavy atom. The van der Waals surface area contributed by atoms with Crippen LogP contribution in [-0.4, -0.2) is 29.3 Å². The molecule has 0 aromatic heterocycles. The third kappa shape index (κ3) is 4.40. The van der Waals surface area contributed by atoms with Crippen LogP contribution < -0.4 is 0 Å². The van der Waals surface area contributed by atoms with Crippen molar-refractivity contribution in [3.05, 3.63) is 16.4 Å². The van der Waals surface area contributed by atoms with Gasteiger partial charge in [-0.25, -0.2) is 4.79 Å². The normalized spacial score (nSPS) is 12.3. The highest BCUT2D eigenvalue weighted by Crippen LogP contribution is 2.26. The van der Waals surface area contributed by atoms with Gasteiger partial charge in [0.2, 0.25) is 11.5 Å². The quantitative estimate of drug-likeness (QED) is 0.335. The maximum Gasteiger partial charge on any atom is 0.451 e. The first-order chi connectivity index (χ1) is 6.34. The van der Waals surface area contributed by atoms with E-state index in [0.29, 0.717) is 0 Å². The van der Waals surface area contributed by atoms with Crippen LogP contribution in [0.4, 0.5) is 13.2 Å². The number of allylic oxidation sites excluding steroid dienone is 1. The molecule has 0 aromatic carbocycles. The van der Waals surface area contributed by atoms with Crippen molar-refractivity contribution >= 4 is 5.97 Å². The van der Waals surface area contributed by atoms with E-state index in [1.165, 1.54) is 6.92 Å². The predicted octanol–water partition coefficient (Wildman–Crippen LogP) is 0.823. The smallest absolute Gasteiger partial charge is 0.451 e. The second-order valence-corrected chi connectivity index (χ2v) is 2.01. The van der Waals surface area contributed by atoms with Crippen molar-refractivity contribution < 1.29 is 33.3 Å². The number of halogens is 3. The van der Waals surface area contributed by atoms with Crippen LogP contribution in [0.1, 0.15) is 6.92 Å².